The molecule has 2 heterocycles. The minimum absolute atomic E-state index is 0.895. The second-order valence-corrected chi connectivity index (χ2v) is 7.42. The van der Waals surface area contributed by atoms with Crippen molar-refractivity contribution in [3.05, 3.63) is 0 Å². The maximum Gasteiger partial charge on any atom is 0.0478 e. The van der Waals surface area contributed by atoms with Gasteiger partial charge in [0.25, 0.3) is 0 Å². The van der Waals surface area contributed by atoms with Crippen molar-refractivity contribution in [1.29, 1.82) is 0 Å². The highest BCUT2D eigenvalue weighted by atomic mass is 16.5. The van der Waals surface area contributed by atoms with Crippen molar-refractivity contribution in [2.75, 3.05) is 52.5 Å². The molecule has 3 heteroatoms. The summed E-state index contributed by atoms with van der Waals surface area (Å²) >= 11 is 0. The molecule has 0 saturated carbocycles. The van der Waals surface area contributed by atoms with Gasteiger partial charge in [0.1, 0.15) is 0 Å². The first-order valence-electron chi connectivity index (χ1n) is 9.26. The van der Waals surface area contributed by atoms with E-state index in [4.69, 9.17) is 4.74 Å². The van der Waals surface area contributed by atoms with E-state index in [1.165, 1.54) is 77.8 Å². The van der Waals surface area contributed by atoms with E-state index in [9.17, 15) is 0 Å². The SMILES string of the molecule is CC1CCCN(CCCOCCCN2CCCC(C)C2)C1. The molecule has 0 aliphatic carbocycles. The fourth-order valence-electron chi connectivity index (χ4n) is 3.86. The monoisotopic (exact) mass is 296 g/mol. The van der Waals surface area contributed by atoms with E-state index in [1.807, 2.05) is 0 Å². The first kappa shape index (κ1) is 17.2. The van der Waals surface area contributed by atoms with Gasteiger partial charge >= 0.3 is 0 Å². The van der Waals surface area contributed by atoms with Crippen LogP contribution in [0.5, 0.6) is 0 Å². The van der Waals surface area contributed by atoms with Crippen molar-refractivity contribution in [1.82, 2.24) is 9.80 Å². The Hall–Kier alpha value is -0.120. The molecule has 0 bridgehead atoms. The zero-order valence-electron chi connectivity index (χ0n) is 14.4. The van der Waals surface area contributed by atoms with E-state index < -0.39 is 0 Å². The van der Waals surface area contributed by atoms with Crippen LogP contribution in [0.2, 0.25) is 0 Å². The first-order valence-corrected chi connectivity index (χ1v) is 9.26. The molecule has 0 radical (unpaired) electrons. The van der Waals surface area contributed by atoms with Crippen LogP contribution in [0.4, 0.5) is 0 Å². The Morgan fingerprint density at radius 3 is 1.71 bits per heavy atom. The van der Waals surface area contributed by atoms with Gasteiger partial charge in [-0.05, 0) is 63.5 Å². The Morgan fingerprint density at radius 1 is 0.810 bits per heavy atom. The summed E-state index contributed by atoms with van der Waals surface area (Å²) in [5, 5.41) is 0. The molecule has 0 N–H and O–H groups in total. The van der Waals surface area contributed by atoms with Gasteiger partial charge in [-0.1, -0.05) is 13.8 Å². The Morgan fingerprint density at radius 2 is 1.29 bits per heavy atom. The summed E-state index contributed by atoms with van der Waals surface area (Å²) in [6, 6.07) is 0. The van der Waals surface area contributed by atoms with Gasteiger partial charge in [-0.25, -0.2) is 0 Å². The molecule has 2 fully saturated rings. The first-order chi connectivity index (χ1) is 10.2. The third-order valence-electron chi connectivity index (χ3n) is 5.01. The van der Waals surface area contributed by atoms with E-state index in [-0.39, 0.29) is 0 Å². The maximum absolute atomic E-state index is 5.82. The number of likely N-dealkylation sites (tertiary alicyclic amines) is 2. The van der Waals surface area contributed by atoms with Crippen LogP contribution >= 0.6 is 0 Å². The molecule has 0 aromatic heterocycles. The highest BCUT2D eigenvalue weighted by Gasteiger charge is 2.16. The molecule has 0 aromatic carbocycles. The highest BCUT2D eigenvalue weighted by Crippen LogP contribution is 2.16. The standard InChI is InChI=1S/C18H36N2O/c1-17-7-3-9-19(15-17)11-5-13-21-14-6-12-20-10-4-8-18(2)16-20/h17-18H,3-16H2,1-2H3. The second kappa shape index (κ2) is 9.81. The molecule has 0 aromatic rings. The van der Waals surface area contributed by atoms with Crippen LogP contribution in [0.15, 0.2) is 0 Å². The van der Waals surface area contributed by atoms with Crippen LogP contribution in [-0.2, 0) is 4.74 Å². The van der Waals surface area contributed by atoms with Gasteiger partial charge in [0.05, 0.1) is 0 Å². The smallest absolute Gasteiger partial charge is 0.0478 e. The minimum Gasteiger partial charge on any atom is -0.381 e. The molecular weight excluding hydrogens is 260 g/mol. The van der Waals surface area contributed by atoms with Crippen LogP contribution in [-0.4, -0.2) is 62.3 Å². The number of piperidine rings is 2. The van der Waals surface area contributed by atoms with Crippen molar-refractivity contribution in [3.8, 4) is 0 Å². The van der Waals surface area contributed by atoms with E-state index in [2.05, 4.69) is 23.6 Å². The summed E-state index contributed by atoms with van der Waals surface area (Å²) in [5.41, 5.74) is 0. The van der Waals surface area contributed by atoms with Gasteiger partial charge in [-0.2, -0.15) is 0 Å². The van der Waals surface area contributed by atoms with Crippen molar-refractivity contribution < 1.29 is 4.74 Å². The van der Waals surface area contributed by atoms with E-state index in [1.54, 1.807) is 0 Å². The van der Waals surface area contributed by atoms with Gasteiger partial charge < -0.3 is 14.5 Å². The maximum atomic E-state index is 5.82. The Bertz CT molecular complexity index is 246. The van der Waals surface area contributed by atoms with Crippen molar-refractivity contribution in [3.63, 3.8) is 0 Å². The van der Waals surface area contributed by atoms with Crippen molar-refractivity contribution in [2.24, 2.45) is 11.8 Å². The zero-order valence-corrected chi connectivity index (χ0v) is 14.4. The van der Waals surface area contributed by atoms with Gasteiger partial charge in [-0.15, -0.1) is 0 Å². The fourth-order valence-corrected chi connectivity index (χ4v) is 3.86. The topological polar surface area (TPSA) is 15.7 Å². The van der Waals surface area contributed by atoms with Gasteiger partial charge in [0.2, 0.25) is 0 Å². The highest BCUT2D eigenvalue weighted by molar-refractivity contribution is 4.70. The predicted octanol–water partition coefficient (Wildman–Crippen LogP) is 3.25. The number of hydrogen-bond acceptors (Lipinski definition) is 3. The molecule has 2 saturated heterocycles. The number of hydrogen-bond donors (Lipinski definition) is 0. The third-order valence-corrected chi connectivity index (χ3v) is 5.01. The van der Waals surface area contributed by atoms with Gasteiger partial charge in [-0.3, -0.25) is 0 Å². The van der Waals surface area contributed by atoms with E-state index in [0.29, 0.717) is 0 Å². The zero-order chi connectivity index (χ0) is 14.9. The molecule has 0 amide bonds. The molecule has 21 heavy (non-hydrogen) atoms. The minimum atomic E-state index is 0.895. The molecular formula is C18H36N2O. The number of nitrogens with zero attached hydrogens (tertiary/aromatic N) is 2. The molecule has 2 aliphatic rings. The van der Waals surface area contributed by atoms with Gasteiger partial charge in [0.15, 0.2) is 0 Å². The lowest BCUT2D eigenvalue weighted by Crippen LogP contribution is -2.35. The molecule has 2 rings (SSSR count). The fraction of sp³-hybridized carbons (Fsp3) is 1.00. The van der Waals surface area contributed by atoms with Crippen molar-refractivity contribution in [2.45, 2.75) is 52.4 Å². The van der Waals surface area contributed by atoms with Crippen LogP contribution in [0.1, 0.15) is 52.4 Å². The van der Waals surface area contributed by atoms with Gasteiger partial charge in [0, 0.05) is 39.4 Å². The Balaban J connectivity index is 1.40. The number of ether oxygens (including phenoxy) is 1. The second-order valence-electron chi connectivity index (χ2n) is 7.42. The van der Waals surface area contributed by atoms with Crippen LogP contribution in [0.25, 0.3) is 0 Å². The summed E-state index contributed by atoms with van der Waals surface area (Å²) in [4.78, 5) is 5.24. The van der Waals surface area contributed by atoms with E-state index >= 15 is 0 Å². The van der Waals surface area contributed by atoms with Crippen LogP contribution < -0.4 is 0 Å². The van der Waals surface area contributed by atoms with Crippen LogP contribution in [0.3, 0.4) is 0 Å². The Kier molecular flexibility index (Phi) is 8.05. The average Bonchev–Trinajstić information content (AvgIpc) is 2.46. The molecule has 3 nitrogen and oxygen atoms in total. The average molecular weight is 296 g/mol. The molecule has 2 unspecified atom stereocenters. The predicted molar refractivity (Wildman–Crippen MR) is 89.7 cm³/mol. The van der Waals surface area contributed by atoms with Crippen molar-refractivity contribution >= 4 is 0 Å². The van der Waals surface area contributed by atoms with E-state index in [0.717, 1.165) is 25.0 Å². The quantitative estimate of drug-likeness (QED) is 0.640. The molecule has 2 atom stereocenters. The summed E-state index contributed by atoms with van der Waals surface area (Å²) in [6.07, 6.45) is 8.01. The largest absolute Gasteiger partial charge is 0.381 e. The normalized spacial score (nSPS) is 28.9. The summed E-state index contributed by atoms with van der Waals surface area (Å²) in [6.45, 7) is 14.3. The summed E-state index contributed by atoms with van der Waals surface area (Å²) in [7, 11) is 0. The Labute approximate surface area is 132 Å². The third kappa shape index (κ3) is 7.12. The molecule has 2 aliphatic heterocycles. The summed E-state index contributed by atoms with van der Waals surface area (Å²) in [5.74, 6) is 1.79. The summed E-state index contributed by atoms with van der Waals surface area (Å²) < 4.78 is 5.82. The molecule has 0 spiro atoms. The van der Waals surface area contributed by atoms with Crippen LogP contribution in [0, 0.1) is 11.8 Å². The molecule has 124 valence electrons. The lowest BCUT2D eigenvalue weighted by molar-refractivity contribution is 0.0964. The lowest BCUT2D eigenvalue weighted by Gasteiger charge is -2.31. The number of rotatable bonds is 8. The lowest BCUT2D eigenvalue weighted by atomic mass is 10.0.